The molecule has 0 radical (unpaired) electrons. The predicted molar refractivity (Wildman–Crippen MR) is 90.2 cm³/mol. The van der Waals surface area contributed by atoms with E-state index >= 15 is 0 Å². The molecular formula is C18H20N4O3. The second-order valence-corrected chi connectivity index (χ2v) is 6.52. The van der Waals surface area contributed by atoms with E-state index in [1.165, 1.54) is 12.1 Å². The largest absolute Gasteiger partial charge is 0.508 e. The van der Waals surface area contributed by atoms with Crippen molar-refractivity contribution in [3.05, 3.63) is 47.3 Å². The maximum Gasteiger partial charge on any atom is 0.274 e. The number of aromatic nitrogens is 2. The van der Waals surface area contributed by atoms with Gasteiger partial charge in [-0.25, -0.2) is 0 Å². The minimum atomic E-state index is -0.0835. The molecule has 2 aromatic rings. The number of aromatic hydroxyl groups is 1. The van der Waals surface area contributed by atoms with Crippen molar-refractivity contribution in [1.29, 1.82) is 0 Å². The summed E-state index contributed by atoms with van der Waals surface area (Å²) in [6, 6.07) is 8.05. The third-order valence-corrected chi connectivity index (χ3v) is 4.81. The van der Waals surface area contributed by atoms with Crippen LogP contribution >= 0.6 is 0 Å². The number of carbonyl (C=O) groups is 2. The van der Waals surface area contributed by atoms with Gasteiger partial charge in [-0.05, 0) is 43.2 Å². The first-order valence-corrected chi connectivity index (χ1v) is 8.56. The Bertz CT molecular complexity index is 806. The molecule has 0 unspecified atom stereocenters. The average molecular weight is 340 g/mol. The zero-order valence-electron chi connectivity index (χ0n) is 13.9. The van der Waals surface area contributed by atoms with Crippen LogP contribution in [0.1, 0.15) is 39.4 Å². The van der Waals surface area contributed by atoms with Gasteiger partial charge in [-0.15, -0.1) is 0 Å². The van der Waals surface area contributed by atoms with Crippen LogP contribution in [0.3, 0.4) is 0 Å². The Kier molecular flexibility index (Phi) is 3.91. The van der Waals surface area contributed by atoms with E-state index in [4.69, 9.17) is 0 Å². The van der Waals surface area contributed by atoms with Gasteiger partial charge in [-0.1, -0.05) is 0 Å². The highest BCUT2D eigenvalue weighted by molar-refractivity contribution is 5.94. The summed E-state index contributed by atoms with van der Waals surface area (Å²) in [4.78, 5) is 28.7. The van der Waals surface area contributed by atoms with Gasteiger partial charge in [0.15, 0.2) is 5.69 Å². The number of nitrogens with zero attached hydrogens (tertiary/aromatic N) is 4. The molecule has 7 nitrogen and oxygen atoms in total. The number of fused-ring (bicyclic) bond motifs is 1. The lowest BCUT2D eigenvalue weighted by molar-refractivity contribution is 0.0703. The number of benzene rings is 1. The fraction of sp³-hybridized carbons (Fsp3) is 0.389. The summed E-state index contributed by atoms with van der Waals surface area (Å²) >= 11 is 0. The number of rotatable bonds is 2. The number of phenols is 1. The summed E-state index contributed by atoms with van der Waals surface area (Å²) in [5, 5.41) is 13.8. The highest BCUT2D eigenvalue weighted by Crippen LogP contribution is 2.19. The third kappa shape index (κ3) is 2.97. The molecule has 2 amide bonds. The Morgan fingerprint density at radius 2 is 1.64 bits per heavy atom. The Hall–Kier alpha value is -2.83. The SMILES string of the molecule is O=C(c1ccc(O)cc1)N1CCn2nc(C(=O)N3CCCC3)cc2C1. The molecule has 1 fully saturated rings. The lowest BCUT2D eigenvalue weighted by Gasteiger charge is -2.27. The molecule has 1 saturated heterocycles. The number of likely N-dealkylation sites (tertiary alicyclic amines) is 1. The van der Waals surface area contributed by atoms with Crippen LogP contribution in [0.15, 0.2) is 30.3 Å². The van der Waals surface area contributed by atoms with Crippen LogP contribution in [0.25, 0.3) is 0 Å². The van der Waals surface area contributed by atoms with Gasteiger partial charge in [0.05, 0.1) is 18.8 Å². The van der Waals surface area contributed by atoms with Crippen LogP contribution in [0.4, 0.5) is 0 Å². The second-order valence-electron chi connectivity index (χ2n) is 6.52. The maximum atomic E-state index is 12.6. The predicted octanol–water partition coefficient (Wildman–Crippen LogP) is 1.48. The van der Waals surface area contributed by atoms with Crippen LogP contribution in [-0.2, 0) is 13.1 Å². The van der Waals surface area contributed by atoms with E-state index in [2.05, 4.69) is 5.10 Å². The molecule has 0 atom stereocenters. The van der Waals surface area contributed by atoms with Crippen molar-refractivity contribution in [1.82, 2.24) is 19.6 Å². The van der Waals surface area contributed by atoms with E-state index in [1.807, 2.05) is 9.58 Å². The van der Waals surface area contributed by atoms with Crippen LogP contribution < -0.4 is 0 Å². The van der Waals surface area contributed by atoms with E-state index in [0.29, 0.717) is 30.9 Å². The number of hydrogen-bond acceptors (Lipinski definition) is 4. The molecule has 3 heterocycles. The lowest BCUT2D eigenvalue weighted by Crippen LogP contribution is -2.38. The molecule has 1 aromatic carbocycles. The zero-order valence-corrected chi connectivity index (χ0v) is 13.9. The van der Waals surface area contributed by atoms with Crippen molar-refractivity contribution in [2.75, 3.05) is 19.6 Å². The molecule has 0 aliphatic carbocycles. The molecule has 1 aromatic heterocycles. The van der Waals surface area contributed by atoms with Gasteiger partial charge < -0.3 is 14.9 Å². The first kappa shape index (κ1) is 15.7. The zero-order chi connectivity index (χ0) is 17.4. The summed E-state index contributed by atoms with van der Waals surface area (Å²) in [5.41, 5.74) is 1.89. The van der Waals surface area contributed by atoms with E-state index in [-0.39, 0.29) is 17.6 Å². The van der Waals surface area contributed by atoms with Gasteiger partial charge in [0.25, 0.3) is 11.8 Å². The van der Waals surface area contributed by atoms with Crippen LogP contribution in [0, 0.1) is 0 Å². The molecule has 25 heavy (non-hydrogen) atoms. The van der Waals surface area contributed by atoms with Crippen molar-refractivity contribution in [3.63, 3.8) is 0 Å². The molecule has 1 N–H and O–H groups in total. The van der Waals surface area contributed by atoms with Gasteiger partial charge in [0.2, 0.25) is 0 Å². The van der Waals surface area contributed by atoms with E-state index < -0.39 is 0 Å². The lowest BCUT2D eigenvalue weighted by atomic mass is 10.1. The summed E-state index contributed by atoms with van der Waals surface area (Å²) in [5.74, 6) is 0.0361. The standard InChI is InChI=1S/C18H20N4O3/c23-15-5-3-13(4-6-15)17(24)21-9-10-22-14(12-21)11-16(19-22)18(25)20-7-1-2-8-20/h3-6,11,23H,1-2,7-10,12H2. The Morgan fingerprint density at radius 1 is 0.920 bits per heavy atom. The van der Waals surface area contributed by atoms with Gasteiger partial charge in [0, 0.05) is 25.2 Å². The number of carbonyl (C=O) groups excluding carboxylic acids is 2. The third-order valence-electron chi connectivity index (χ3n) is 4.81. The van der Waals surface area contributed by atoms with Crippen molar-refractivity contribution >= 4 is 11.8 Å². The molecule has 0 saturated carbocycles. The van der Waals surface area contributed by atoms with Gasteiger partial charge in [-0.2, -0.15) is 5.10 Å². The molecule has 130 valence electrons. The van der Waals surface area contributed by atoms with Gasteiger partial charge in [-0.3, -0.25) is 14.3 Å². The summed E-state index contributed by atoms with van der Waals surface area (Å²) in [7, 11) is 0. The quantitative estimate of drug-likeness (QED) is 0.898. The minimum absolute atomic E-state index is 0.0178. The van der Waals surface area contributed by atoms with Crippen molar-refractivity contribution in [3.8, 4) is 5.75 Å². The van der Waals surface area contributed by atoms with Crippen molar-refractivity contribution in [2.24, 2.45) is 0 Å². The number of amides is 2. The highest BCUT2D eigenvalue weighted by atomic mass is 16.3. The number of phenolic OH excluding ortho intramolecular Hbond substituents is 1. The molecular weight excluding hydrogens is 320 g/mol. The molecule has 0 spiro atoms. The minimum Gasteiger partial charge on any atom is -0.508 e. The average Bonchev–Trinajstić information content (AvgIpc) is 3.30. The normalized spacial score (nSPS) is 16.8. The van der Waals surface area contributed by atoms with Crippen molar-refractivity contribution in [2.45, 2.75) is 25.9 Å². The van der Waals surface area contributed by atoms with Crippen LogP contribution in [0.2, 0.25) is 0 Å². The smallest absolute Gasteiger partial charge is 0.274 e. The number of hydrogen-bond donors (Lipinski definition) is 1. The fourth-order valence-electron chi connectivity index (χ4n) is 3.41. The van der Waals surface area contributed by atoms with Crippen LogP contribution in [0.5, 0.6) is 5.75 Å². The van der Waals surface area contributed by atoms with Gasteiger partial charge >= 0.3 is 0 Å². The molecule has 4 rings (SSSR count). The summed E-state index contributed by atoms with van der Waals surface area (Å²) in [6.45, 7) is 3.15. The monoisotopic (exact) mass is 340 g/mol. The summed E-state index contributed by atoms with van der Waals surface area (Å²) < 4.78 is 1.82. The second kappa shape index (κ2) is 6.23. The van der Waals surface area contributed by atoms with Crippen molar-refractivity contribution < 1.29 is 14.7 Å². The first-order valence-electron chi connectivity index (χ1n) is 8.56. The Labute approximate surface area is 145 Å². The maximum absolute atomic E-state index is 12.6. The van der Waals surface area contributed by atoms with Crippen LogP contribution in [-0.4, -0.2) is 56.1 Å². The van der Waals surface area contributed by atoms with Gasteiger partial charge in [0.1, 0.15) is 5.75 Å². The molecule has 2 aliphatic rings. The topological polar surface area (TPSA) is 78.7 Å². The molecule has 2 aliphatic heterocycles. The van der Waals surface area contributed by atoms with E-state index in [1.54, 1.807) is 23.1 Å². The Morgan fingerprint density at radius 3 is 2.36 bits per heavy atom. The van der Waals surface area contributed by atoms with E-state index in [0.717, 1.165) is 31.6 Å². The molecule has 0 bridgehead atoms. The highest BCUT2D eigenvalue weighted by Gasteiger charge is 2.27. The molecule has 7 heteroatoms. The fourth-order valence-corrected chi connectivity index (χ4v) is 3.41. The summed E-state index contributed by atoms with van der Waals surface area (Å²) in [6.07, 6.45) is 2.10. The Balaban J connectivity index is 1.50. The van der Waals surface area contributed by atoms with E-state index in [9.17, 15) is 14.7 Å². The first-order chi connectivity index (χ1) is 12.1.